The Morgan fingerprint density at radius 1 is 1.12 bits per heavy atom. The number of amides is 2. The van der Waals surface area contributed by atoms with Crippen LogP contribution >= 0.6 is 0 Å². The molecular formula is C24H25N5O4. The van der Waals surface area contributed by atoms with Crippen molar-refractivity contribution in [3.8, 4) is 0 Å². The molecule has 0 spiro atoms. The first-order chi connectivity index (χ1) is 16.1. The van der Waals surface area contributed by atoms with E-state index in [0.717, 1.165) is 11.1 Å². The molecule has 2 aromatic carbocycles. The van der Waals surface area contributed by atoms with Gasteiger partial charge in [0.2, 0.25) is 5.91 Å². The van der Waals surface area contributed by atoms with Gasteiger partial charge < -0.3 is 14.5 Å². The third-order valence-corrected chi connectivity index (χ3v) is 5.21. The molecule has 0 saturated heterocycles. The molecule has 0 unspecified atom stereocenters. The number of methoxy groups -OCH3 is 1. The van der Waals surface area contributed by atoms with Crippen molar-refractivity contribution in [1.82, 2.24) is 20.3 Å². The number of carbonyl (C=O) groups is 2. The first-order valence-corrected chi connectivity index (χ1v) is 10.6. The molecule has 33 heavy (non-hydrogen) atoms. The van der Waals surface area contributed by atoms with E-state index < -0.39 is 6.04 Å². The smallest absolute Gasteiger partial charge is 0.251 e. The fourth-order valence-electron chi connectivity index (χ4n) is 3.57. The first-order valence-electron chi connectivity index (χ1n) is 10.6. The average molecular weight is 447 g/mol. The zero-order valence-corrected chi connectivity index (χ0v) is 18.5. The summed E-state index contributed by atoms with van der Waals surface area (Å²) >= 11 is 0. The lowest BCUT2D eigenvalue weighted by Gasteiger charge is -2.30. The standard InChI is InChI=1S/C24H25N5O4/c1-17-9-11-18(12-10-17)29(22(30)16-28-20-7-4-3-6-19(20)26-27-28)23(21-8-5-14-33-21)24(31)25-13-15-32-2/h3-12,14,23H,13,15-16H2,1-2H3,(H,25,31)/t23-/m1/s1. The van der Waals surface area contributed by atoms with Gasteiger partial charge in [-0.05, 0) is 43.3 Å². The van der Waals surface area contributed by atoms with Gasteiger partial charge in [0.05, 0.1) is 18.4 Å². The van der Waals surface area contributed by atoms with E-state index in [1.54, 1.807) is 19.2 Å². The Bertz CT molecular complexity index is 1220. The van der Waals surface area contributed by atoms with Crippen molar-refractivity contribution in [2.45, 2.75) is 19.5 Å². The summed E-state index contributed by atoms with van der Waals surface area (Å²) in [5.41, 5.74) is 3.02. The molecule has 0 fully saturated rings. The van der Waals surface area contributed by atoms with Crippen LogP contribution in [0.1, 0.15) is 17.4 Å². The predicted molar refractivity (Wildman–Crippen MR) is 123 cm³/mol. The minimum Gasteiger partial charge on any atom is -0.467 e. The highest BCUT2D eigenvalue weighted by Crippen LogP contribution is 2.29. The molecule has 9 heteroatoms. The molecule has 170 valence electrons. The van der Waals surface area contributed by atoms with Crippen LogP contribution in [-0.2, 0) is 20.9 Å². The number of ether oxygens (including phenoxy) is 1. The van der Waals surface area contributed by atoms with Gasteiger partial charge >= 0.3 is 0 Å². The highest BCUT2D eigenvalue weighted by molar-refractivity contribution is 6.01. The van der Waals surface area contributed by atoms with Gasteiger partial charge in [-0.15, -0.1) is 5.10 Å². The highest BCUT2D eigenvalue weighted by Gasteiger charge is 2.35. The molecule has 0 saturated carbocycles. The van der Waals surface area contributed by atoms with Crippen LogP contribution in [0.2, 0.25) is 0 Å². The lowest BCUT2D eigenvalue weighted by Crippen LogP contribution is -2.45. The second kappa shape index (κ2) is 10.1. The molecule has 0 aliphatic heterocycles. The number of benzene rings is 2. The van der Waals surface area contributed by atoms with Gasteiger partial charge in [-0.25, -0.2) is 4.68 Å². The van der Waals surface area contributed by atoms with Crippen LogP contribution in [0.5, 0.6) is 0 Å². The van der Waals surface area contributed by atoms with Crippen LogP contribution in [0, 0.1) is 6.92 Å². The van der Waals surface area contributed by atoms with E-state index in [0.29, 0.717) is 30.1 Å². The molecule has 0 aliphatic carbocycles. The molecule has 4 rings (SSSR count). The summed E-state index contributed by atoms with van der Waals surface area (Å²) in [4.78, 5) is 28.4. The fraction of sp³-hybridized carbons (Fsp3) is 0.250. The van der Waals surface area contributed by atoms with Crippen molar-refractivity contribution < 1.29 is 18.7 Å². The largest absolute Gasteiger partial charge is 0.467 e. The SMILES string of the molecule is COCCNC(=O)[C@@H](c1ccco1)N(C(=O)Cn1nnc2ccccc21)c1ccc(C)cc1. The van der Waals surface area contributed by atoms with Crippen molar-refractivity contribution in [2.24, 2.45) is 0 Å². The summed E-state index contributed by atoms with van der Waals surface area (Å²) < 4.78 is 12.2. The Balaban J connectivity index is 1.73. The lowest BCUT2D eigenvalue weighted by atomic mass is 10.1. The molecule has 1 N–H and O–H groups in total. The Morgan fingerprint density at radius 2 is 1.91 bits per heavy atom. The number of anilines is 1. The van der Waals surface area contributed by atoms with Gasteiger partial charge in [0.25, 0.3) is 5.91 Å². The number of furan rings is 1. The van der Waals surface area contributed by atoms with Gasteiger partial charge in [0, 0.05) is 19.3 Å². The van der Waals surface area contributed by atoms with Crippen LogP contribution in [0.25, 0.3) is 11.0 Å². The second-order valence-electron chi connectivity index (χ2n) is 7.54. The van der Waals surface area contributed by atoms with Gasteiger partial charge in [0.15, 0.2) is 6.04 Å². The Kier molecular flexibility index (Phi) is 6.80. The van der Waals surface area contributed by atoms with Gasteiger partial charge in [-0.1, -0.05) is 35.0 Å². The van der Waals surface area contributed by atoms with E-state index in [1.165, 1.54) is 15.8 Å². The number of hydrogen-bond donors (Lipinski definition) is 1. The zero-order valence-electron chi connectivity index (χ0n) is 18.5. The summed E-state index contributed by atoms with van der Waals surface area (Å²) in [6.07, 6.45) is 1.48. The molecule has 0 radical (unpaired) electrons. The average Bonchev–Trinajstić information content (AvgIpc) is 3.49. The minimum atomic E-state index is -1.01. The minimum absolute atomic E-state index is 0.100. The number of aromatic nitrogens is 3. The van der Waals surface area contributed by atoms with Crippen LogP contribution in [0.15, 0.2) is 71.3 Å². The van der Waals surface area contributed by atoms with Gasteiger partial charge in [-0.2, -0.15) is 0 Å². The van der Waals surface area contributed by atoms with Gasteiger partial charge in [-0.3, -0.25) is 14.5 Å². The first kappa shape index (κ1) is 22.2. The van der Waals surface area contributed by atoms with Crippen LogP contribution in [0.4, 0.5) is 5.69 Å². The number of carbonyl (C=O) groups excluding carboxylic acids is 2. The monoisotopic (exact) mass is 447 g/mol. The molecule has 9 nitrogen and oxygen atoms in total. The van der Waals surface area contributed by atoms with Crippen molar-refractivity contribution in [2.75, 3.05) is 25.2 Å². The normalized spacial score (nSPS) is 11.9. The Labute approximate surface area is 190 Å². The van der Waals surface area contributed by atoms with E-state index in [1.807, 2.05) is 55.5 Å². The number of nitrogens with one attached hydrogen (secondary N) is 1. The van der Waals surface area contributed by atoms with E-state index in [9.17, 15) is 9.59 Å². The molecule has 0 aliphatic rings. The maximum Gasteiger partial charge on any atom is 0.251 e. The Morgan fingerprint density at radius 3 is 2.64 bits per heavy atom. The molecule has 4 aromatic rings. The van der Waals surface area contributed by atoms with E-state index >= 15 is 0 Å². The summed E-state index contributed by atoms with van der Waals surface area (Å²) in [7, 11) is 1.56. The maximum absolute atomic E-state index is 13.7. The summed E-state index contributed by atoms with van der Waals surface area (Å²) in [6, 6.07) is 17.2. The number of aryl methyl sites for hydroxylation is 1. The molecule has 0 bridgehead atoms. The van der Waals surface area contributed by atoms with Crippen LogP contribution < -0.4 is 10.2 Å². The highest BCUT2D eigenvalue weighted by atomic mass is 16.5. The third kappa shape index (κ3) is 4.93. The summed E-state index contributed by atoms with van der Waals surface area (Å²) in [5.74, 6) is -0.362. The van der Waals surface area contributed by atoms with Gasteiger partial charge in [0.1, 0.15) is 17.8 Å². The quantitative estimate of drug-likeness (QED) is 0.396. The van der Waals surface area contributed by atoms with E-state index in [-0.39, 0.29) is 18.4 Å². The zero-order chi connectivity index (χ0) is 23.2. The number of hydrogen-bond acceptors (Lipinski definition) is 6. The predicted octanol–water partition coefficient (Wildman–Crippen LogP) is 2.87. The van der Waals surface area contributed by atoms with E-state index in [2.05, 4.69) is 15.6 Å². The fourth-order valence-corrected chi connectivity index (χ4v) is 3.57. The molecule has 1 atom stereocenters. The maximum atomic E-state index is 13.7. The lowest BCUT2D eigenvalue weighted by molar-refractivity contribution is -0.127. The van der Waals surface area contributed by atoms with Crippen molar-refractivity contribution in [3.05, 3.63) is 78.3 Å². The van der Waals surface area contributed by atoms with Crippen molar-refractivity contribution in [3.63, 3.8) is 0 Å². The van der Waals surface area contributed by atoms with Crippen LogP contribution in [0.3, 0.4) is 0 Å². The third-order valence-electron chi connectivity index (χ3n) is 5.21. The molecule has 2 aromatic heterocycles. The summed E-state index contributed by atoms with van der Waals surface area (Å²) in [5, 5.41) is 11.1. The van der Waals surface area contributed by atoms with Crippen molar-refractivity contribution >= 4 is 28.5 Å². The number of rotatable bonds is 9. The number of fused-ring (bicyclic) bond motifs is 1. The Hall–Kier alpha value is -3.98. The van der Waals surface area contributed by atoms with Crippen molar-refractivity contribution in [1.29, 1.82) is 0 Å². The molecular weight excluding hydrogens is 422 g/mol. The molecule has 2 amide bonds. The van der Waals surface area contributed by atoms with Crippen LogP contribution in [-0.4, -0.2) is 47.1 Å². The topological polar surface area (TPSA) is 102 Å². The summed E-state index contributed by atoms with van der Waals surface area (Å²) in [6.45, 7) is 2.51. The number of nitrogens with zero attached hydrogens (tertiary/aromatic N) is 4. The molecule has 2 heterocycles. The van der Waals surface area contributed by atoms with E-state index in [4.69, 9.17) is 9.15 Å². The second-order valence-corrected chi connectivity index (χ2v) is 7.54. The number of para-hydroxylation sites is 1.